The van der Waals surface area contributed by atoms with Gasteiger partial charge in [-0.05, 0) is 6.07 Å². The fourth-order valence-corrected chi connectivity index (χ4v) is 0.386. The Morgan fingerprint density at radius 3 is 2.56 bits per heavy atom. The van der Waals surface area contributed by atoms with Crippen molar-refractivity contribution in [3.05, 3.63) is 24.3 Å². The van der Waals surface area contributed by atoms with E-state index in [0.717, 1.165) is 6.20 Å². The second-order valence-electron chi connectivity index (χ2n) is 1.40. The van der Waals surface area contributed by atoms with Gasteiger partial charge in [0.05, 0.1) is 11.9 Å². The third-order valence-electron chi connectivity index (χ3n) is 0.804. The Morgan fingerprint density at radius 2 is 2.22 bits per heavy atom. The molecule has 9 heavy (non-hydrogen) atoms. The third kappa shape index (κ3) is 1.85. The van der Waals surface area contributed by atoms with E-state index in [2.05, 4.69) is 4.98 Å². The molecule has 1 aromatic rings. The fourth-order valence-electron chi connectivity index (χ4n) is 0.386. The molecule has 0 aliphatic rings. The van der Waals surface area contributed by atoms with Gasteiger partial charge in [-0.1, -0.05) is 0 Å². The molecule has 0 radical (unpaired) electrons. The molecule has 0 aromatic carbocycles. The molecule has 0 aliphatic carbocycles. The average molecular weight is 149 g/mol. The van der Waals surface area contributed by atoms with E-state index in [0.29, 0.717) is 0 Å². The van der Waals surface area contributed by atoms with Gasteiger partial charge < -0.3 is 5.73 Å². The molecule has 0 spiro atoms. The summed E-state index contributed by atoms with van der Waals surface area (Å²) < 4.78 is 12.1. The fraction of sp³-hybridized carbons (Fsp3) is 0. The van der Waals surface area contributed by atoms with Crippen LogP contribution in [-0.2, 0) is 0 Å². The summed E-state index contributed by atoms with van der Waals surface area (Å²) in [5.74, 6) is -0.465. The molecule has 0 bridgehead atoms. The molecule has 4 heteroatoms. The van der Waals surface area contributed by atoms with Crippen LogP contribution in [0.2, 0.25) is 0 Å². The van der Waals surface area contributed by atoms with Crippen LogP contribution >= 0.6 is 12.4 Å². The zero-order valence-electron chi connectivity index (χ0n) is 4.54. The van der Waals surface area contributed by atoms with E-state index in [1.54, 1.807) is 0 Å². The van der Waals surface area contributed by atoms with E-state index in [1.807, 2.05) is 0 Å². The predicted molar refractivity (Wildman–Crippen MR) is 35.9 cm³/mol. The first-order valence-electron chi connectivity index (χ1n) is 2.15. The number of hydrogen-bond donors (Lipinski definition) is 1. The molecule has 0 unspecified atom stereocenters. The number of rotatable bonds is 0. The van der Waals surface area contributed by atoms with E-state index < -0.39 is 5.82 Å². The Labute approximate surface area is 58.3 Å². The lowest BCUT2D eigenvalue weighted by atomic mass is 10.4. The standard InChI is InChI=1S/C5H5FN2.ClH/c6-4-3-8-2-1-5(4)7;/h1-3H,(H2,7,8);1H. The third-order valence-corrected chi connectivity index (χ3v) is 0.804. The zero-order valence-corrected chi connectivity index (χ0v) is 5.36. The van der Waals surface area contributed by atoms with Crippen molar-refractivity contribution in [3.8, 4) is 0 Å². The molecule has 1 heterocycles. The first-order chi connectivity index (χ1) is 3.80. The summed E-state index contributed by atoms with van der Waals surface area (Å²) in [5, 5.41) is 0. The molecule has 1 rings (SSSR count). The van der Waals surface area contributed by atoms with E-state index in [4.69, 9.17) is 5.73 Å². The van der Waals surface area contributed by atoms with Gasteiger partial charge in [0.2, 0.25) is 0 Å². The molecule has 0 amide bonds. The molecular formula is C5H6ClFN2. The Morgan fingerprint density at radius 1 is 1.56 bits per heavy atom. The van der Waals surface area contributed by atoms with Crippen LogP contribution in [0.25, 0.3) is 0 Å². The first kappa shape index (κ1) is 8.17. The SMILES string of the molecule is Cl.Nc1ccncc1F. The lowest BCUT2D eigenvalue weighted by Gasteiger charge is -1.89. The zero-order chi connectivity index (χ0) is 5.98. The maximum atomic E-state index is 12.1. The van der Waals surface area contributed by atoms with E-state index in [1.165, 1.54) is 12.3 Å². The number of pyridine rings is 1. The number of halogens is 2. The highest BCUT2D eigenvalue weighted by Gasteiger charge is 1.90. The van der Waals surface area contributed by atoms with Gasteiger partial charge in [0.25, 0.3) is 0 Å². The summed E-state index contributed by atoms with van der Waals surface area (Å²) in [4.78, 5) is 3.49. The number of anilines is 1. The molecule has 1 aromatic heterocycles. The first-order valence-corrected chi connectivity index (χ1v) is 2.15. The normalized spacial score (nSPS) is 8.11. The maximum Gasteiger partial charge on any atom is 0.164 e. The molecule has 50 valence electrons. The van der Waals surface area contributed by atoms with Crippen LogP contribution in [0.3, 0.4) is 0 Å². The summed E-state index contributed by atoms with van der Waals surface area (Å²) in [7, 11) is 0. The van der Waals surface area contributed by atoms with Crippen LogP contribution in [0.15, 0.2) is 18.5 Å². The highest BCUT2D eigenvalue weighted by molar-refractivity contribution is 5.85. The van der Waals surface area contributed by atoms with Crippen LogP contribution < -0.4 is 5.73 Å². The summed E-state index contributed by atoms with van der Waals surface area (Å²) >= 11 is 0. The summed E-state index contributed by atoms with van der Waals surface area (Å²) in [5.41, 5.74) is 5.24. The van der Waals surface area contributed by atoms with Gasteiger partial charge in [0.1, 0.15) is 0 Å². The largest absolute Gasteiger partial charge is 0.396 e. The van der Waals surface area contributed by atoms with Gasteiger partial charge in [-0.2, -0.15) is 0 Å². The Bertz CT molecular complexity index is 171. The van der Waals surface area contributed by atoms with Crippen molar-refractivity contribution in [1.29, 1.82) is 0 Å². The van der Waals surface area contributed by atoms with Crippen LogP contribution in [0.4, 0.5) is 10.1 Å². The maximum absolute atomic E-state index is 12.1. The van der Waals surface area contributed by atoms with Crippen molar-refractivity contribution < 1.29 is 4.39 Å². The highest BCUT2D eigenvalue weighted by atomic mass is 35.5. The van der Waals surface area contributed by atoms with Crippen molar-refractivity contribution in [3.63, 3.8) is 0 Å². The lowest BCUT2D eigenvalue weighted by Crippen LogP contribution is -1.88. The van der Waals surface area contributed by atoms with Crippen LogP contribution in [0.1, 0.15) is 0 Å². The van der Waals surface area contributed by atoms with Crippen LogP contribution in [-0.4, -0.2) is 4.98 Å². The Balaban J connectivity index is 0.000000640. The van der Waals surface area contributed by atoms with Crippen molar-refractivity contribution in [2.45, 2.75) is 0 Å². The van der Waals surface area contributed by atoms with Crippen molar-refractivity contribution >= 4 is 18.1 Å². The van der Waals surface area contributed by atoms with E-state index in [-0.39, 0.29) is 18.1 Å². The van der Waals surface area contributed by atoms with Gasteiger partial charge in [0, 0.05) is 6.20 Å². The van der Waals surface area contributed by atoms with Crippen LogP contribution in [0.5, 0.6) is 0 Å². The second kappa shape index (κ2) is 3.25. The van der Waals surface area contributed by atoms with Gasteiger partial charge in [-0.15, -0.1) is 12.4 Å². The summed E-state index contributed by atoms with van der Waals surface area (Å²) in [6.45, 7) is 0. The molecule has 0 saturated heterocycles. The number of nitrogen functional groups attached to an aromatic ring is 1. The van der Waals surface area contributed by atoms with Crippen LogP contribution in [0, 0.1) is 5.82 Å². The molecule has 2 nitrogen and oxygen atoms in total. The molecule has 0 aliphatic heterocycles. The van der Waals surface area contributed by atoms with Crippen molar-refractivity contribution in [2.75, 3.05) is 5.73 Å². The van der Waals surface area contributed by atoms with Crippen molar-refractivity contribution in [2.24, 2.45) is 0 Å². The molecular weight excluding hydrogens is 143 g/mol. The van der Waals surface area contributed by atoms with E-state index in [9.17, 15) is 4.39 Å². The molecule has 2 N–H and O–H groups in total. The number of nitrogens with zero attached hydrogens (tertiary/aromatic N) is 1. The molecule has 0 atom stereocenters. The summed E-state index contributed by atoms with van der Waals surface area (Å²) in [6, 6.07) is 1.41. The molecule has 0 saturated carbocycles. The number of nitrogens with two attached hydrogens (primary N) is 1. The lowest BCUT2D eigenvalue weighted by molar-refractivity contribution is 0.626. The minimum atomic E-state index is -0.465. The smallest absolute Gasteiger partial charge is 0.164 e. The van der Waals surface area contributed by atoms with Gasteiger partial charge in [0.15, 0.2) is 5.82 Å². The van der Waals surface area contributed by atoms with E-state index >= 15 is 0 Å². The minimum absolute atomic E-state index is 0. The number of hydrogen-bond acceptors (Lipinski definition) is 2. The van der Waals surface area contributed by atoms with Gasteiger partial charge >= 0.3 is 0 Å². The minimum Gasteiger partial charge on any atom is -0.396 e. The Kier molecular flexibility index (Phi) is 2.95. The Hall–Kier alpha value is -0.830. The second-order valence-corrected chi connectivity index (χ2v) is 1.40. The van der Waals surface area contributed by atoms with Gasteiger partial charge in [-0.3, -0.25) is 4.98 Å². The predicted octanol–water partition coefficient (Wildman–Crippen LogP) is 1.22. The molecule has 0 fully saturated rings. The number of aromatic nitrogens is 1. The summed E-state index contributed by atoms with van der Waals surface area (Å²) in [6.07, 6.45) is 2.52. The average Bonchev–Trinajstić information content (AvgIpc) is 1.77. The van der Waals surface area contributed by atoms with Gasteiger partial charge in [-0.25, -0.2) is 4.39 Å². The highest BCUT2D eigenvalue weighted by Crippen LogP contribution is 2.03. The topological polar surface area (TPSA) is 38.9 Å². The van der Waals surface area contributed by atoms with Crippen molar-refractivity contribution in [1.82, 2.24) is 4.98 Å². The quantitative estimate of drug-likeness (QED) is 0.601. The monoisotopic (exact) mass is 148 g/mol.